The number of nitrogens with zero attached hydrogens (tertiary/aromatic N) is 3. The van der Waals surface area contributed by atoms with E-state index in [1.165, 1.54) is 0 Å². The van der Waals surface area contributed by atoms with Crippen LogP contribution < -0.4 is 10.1 Å². The molecule has 0 bridgehead atoms. The average Bonchev–Trinajstić information content (AvgIpc) is 2.99. The molecule has 6 heteroatoms. The van der Waals surface area contributed by atoms with Crippen molar-refractivity contribution in [1.29, 1.82) is 0 Å². The standard InChI is InChI=1S/C17H19ClN4O/c1-3-6-17(19-14-11-12(18)9-10-16(14)23-2)22-15-8-5-4-7-13(15)20-21-22/h4-5,7-11,17,19H,3,6H2,1-2H3. The molecule has 1 N–H and O–H groups in total. The van der Waals surface area contributed by atoms with Crippen LogP contribution in [-0.4, -0.2) is 22.1 Å². The van der Waals surface area contributed by atoms with E-state index in [0.29, 0.717) is 5.02 Å². The Bertz CT molecular complexity index is 802. The van der Waals surface area contributed by atoms with Crippen LogP contribution in [0.1, 0.15) is 25.9 Å². The first kappa shape index (κ1) is 15.6. The lowest BCUT2D eigenvalue weighted by atomic mass is 10.2. The molecule has 1 unspecified atom stereocenters. The van der Waals surface area contributed by atoms with Gasteiger partial charge in [-0.15, -0.1) is 5.10 Å². The van der Waals surface area contributed by atoms with Gasteiger partial charge in [0.1, 0.15) is 17.4 Å². The first-order valence-electron chi connectivity index (χ1n) is 7.63. The van der Waals surface area contributed by atoms with E-state index in [0.717, 1.165) is 35.3 Å². The number of methoxy groups -OCH3 is 1. The van der Waals surface area contributed by atoms with E-state index in [-0.39, 0.29) is 6.17 Å². The molecule has 3 aromatic rings. The number of benzene rings is 2. The van der Waals surface area contributed by atoms with Gasteiger partial charge < -0.3 is 10.1 Å². The van der Waals surface area contributed by atoms with E-state index in [1.54, 1.807) is 7.11 Å². The highest BCUT2D eigenvalue weighted by Gasteiger charge is 2.16. The average molecular weight is 331 g/mol. The molecule has 3 rings (SSSR count). The normalized spacial score (nSPS) is 12.3. The van der Waals surface area contributed by atoms with Gasteiger partial charge in [0.15, 0.2) is 0 Å². The van der Waals surface area contributed by atoms with Crippen molar-refractivity contribution >= 4 is 28.3 Å². The van der Waals surface area contributed by atoms with Gasteiger partial charge in [-0.25, -0.2) is 4.68 Å². The number of nitrogens with one attached hydrogen (secondary N) is 1. The Morgan fingerprint density at radius 2 is 2.09 bits per heavy atom. The van der Waals surface area contributed by atoms with Gasteiger partial charge >= 0.3 is 0 Å². The van der Waals surface area contributed by atoms with Gasteiger partial charge in [-0.1, -0.05) is 42.3 Å². The molecule has 0 fully saturated rings. The SMILES string of the molecule is CCCC(Nc1cc(Cl)ccc1OC)n1nnc2ccccc21. The number of aromatic nitrogens is 3. The summed E-state index contributed by atoms with van der Waals surface area (Å²) < 4.78 is 7.33. The summed E-state index contributed by atoms with van der Waals surface area (Å²) >= 11 is 6.12. The van der Waals surface area contributed by atoms with Gasteiger partial charge in [-0.3, -0.25) is 0 Å². The zero-order valence-electron chi connectivity index (χ0n) is 13.2. The van der Waals surface area contributed by atoms with E-state index >= 15 is 0 Å². The summed E-state index contributed by atoms with van der Waals surface area (Å²) in [6.45, 7) is 2.14. The fraction of sp³-hybridized carbons (Fsp3) is 0.294. The number of hydrogen-bond donors (Lipinski definition) is 1. The zero-order valence-corrected chi connectivity index (χ0v) is 13.9. The maximum atomic E-state index is 6.12. The van der Waals surface area contributed by atoms with E-state index in [1.807, 2.05) is 47.1 Å². The van der Waals surface area contributed by atoms with E-state index in [2.05, 4.69) is 22.6 Å². The second kappa shape index (κ2) is 6.87. The summed E-state index contributed by atoms with van der Waals surface area (Å²) in [7, 11) is 1.65. The topological polar surface area (TPSA) is 52.0 Å². The molecule has 0 aliphatic carbocycles. The maximum absolute atomic E-state index is 6.12. The zero-order chi connectivity index (χ0) is 16.2. The van der Waals surface area contributed by atoms with Crippen LogP contribution >= 0.6 is 11.6 Å². The molecule has 0 aliphatic heterocycles. The number of halogens is 1. The van der Waals surface area contributed by atoms with Crippen molar-refractivity contribution in [2.24, 2.45) is 0 Å². The van der Waals surface area contributed by atoms with Crippen molar-refractivity contribution in [3.05, 3.63) is 47.5 Å². The third-order valence-corrected chi connectivity index (χ3v) is 3.95. The molecule has 0 aliphatic rings. The molecule has 0 radical (unpaired) electrons. The van der Waals surface area contributed by atoms with Crippen molar-refractivity contribution in [3.8, 4) is 5.75 Å². The molecule has 0 amide bonds. The van der Waals surface area contributed by atoms with Gasteiger partial charge in [0.25, 0.3) is 0 Å². The molecule has 1 aromatic heterocycles. The number of hydrogen-bond acceptors (Lipinski definition) is 4. The van der Waals surface area contributed by atoms with Gasteiger partial charge in [0.2, 0.25) is 0 Å². The third-order valence-electron chi connectivity index (χ3n) is 3.72. The number of para-hydroxylation sites is 1. The lowest BCUT2D eigenvalue weighted by Gasteiger charge is -2.21. The Hall–Kier alpha value is -2.27. The predicted molar refractivity (Wildman–Crippen MR) is 93.1 cm³/mol. The predicted octanol–water partition coefficient (Wildman–Crippen LogP) is 4.50. The summed E-state index contributed by atoms with van der Waals surface area (Å²) in [5.41, 5.74) is 2.73. The molecule has 1 atom stereocenters. The Kier molecular flexibility index (Phi) is 4.67. The van der Waals surface area contributed by atoms with Crippen LogP contribution in [0.4, 0.5) is 5.69 Å². The fourth-order valence-electron chi connectivity index (χ4n) is 2.62. The van der Waals surface area contributed by atoms with Gasteiger partial charge in [0.05, 0.1) is 18.3 Å². The molecule has 2 aromatic carbocycles. The highest BCUT2D eigenvalue weighted by molar-refractivity contribution is 6.30. The van der Waals surface area contributed by atoms with Gasteiger partial charge in [-0.2, -0.15) is 0 Å². The molecule has 0 saturated heterocycles. The largest absolute Gasteiger partial charge is 0.495 e. The minimum absolute atomic E-state index is 0.0280. The summed E-state index contributed by atoms with van der Waals surface area (Å²) in [6.07, 6.45) is 1.89. The van der Waals surface area contributed by atoms with Crippen LogP contribution in [0.3, 0.4) is 0 Å². The van der Waals surface area contributed by atoms with E-state index in [9.17, 15) is 0 Å². The monoisotopic (exact) mass is 330 g/mol. The third kappa shape index (κ3) is 3.24. The highest BCUT2D eigenvalue weighted by atomic mass is 35.5. The minimum Gasteiger partial charge on any atom is -0.495 e. The van der Waals surface area contributed by atoms with Crippen LogP contribution in [0.25, 0.3) is 11.0 Å². The van der Waals surface area contributed by atoms with Crippen molar-refractivity contribution in [3.63, 3.8) is 0 Å². The van der Waals surface area contributed by atoms with E-state index in [4.69, 9.17) is 16.3 Å². The van der Waals surface area contributed by atoms with Gasteiger partial charge in [-0.05, 0) is 36.8 Å². The van der Waals surface area contributed by atoms with Crippen LogP contribution in [0, 0.1) is 0 Å². The van der Waals surface area contributed by atoms with Crippen molar-refractivity contribution in [2.45, 2.75) is 25.9 Å². The van der Waals surface area contributed by atoms with Crippen molar-refractivity contribution < 1.29 is 4.74 Å². The Morgan fingerprint density at radius 3 is 2.87 bits per heavy atom. The number of ether oxygens (including phenoxy) is 1. The summed E-state index contributed by atoms with van der Waals surface area (Å²) in [5.74, 6) is 0.750. The van der Waals surface area contributed by atoms with Crippen LogP contribution in [0.5, 0.6) is 5.75 Å². The molecule has 120 valence electrons. The molecule has 5 nitrogen and oxygen atoms in total. The summed E-state index contributed by atoms with van der Waals surface area (Å²) in [4.78, 5) is 0. The first-order chi connectivity index (χ1) is 11.2. The quantitative estimate of drug-likeness (QED) is 0.722. The van der Waals surface area contributed by atoms with Crippen LogP contribution in [0.2, 0.25) is 5.02 Å². The number of anilines is 1. The lowest BCUT2D eigenvalue weighted by molar-refractivity contribution is 0.412. The minimum atomic E-state index is -0.0280. The maximum Gasteiger partial charge on any atom is 0.142 e. The van der Waals surface area contributed by atoms with Crippen molar-refractivity contribution in [1.82, 2.24) is 15.0 Å². The van der Waals surface area contributed by atoms with Crippen molar-refractivity contribution in [2.75, 3.05) is 12.4 Å². The lowest BCUT2D eigenvalue weighted by Crippen LogP contribution is -2.20. The molecular weight excluding hydrogens is 312 g/mol. The number of rotatable bonds is 6. The smallest absolute Gasteiger partial charge is 0.142 e. The van der Waals surface area contributed by atoms with Crippen LogP contribution in [-0.2, 0) is 0 Å². The van der Waals surface area contributed by atoms with E-state index < -0.39 is 0 Å². The Labute approximate surface area is 140 Å². The molecular formula is C17H19ClN4O. The molecule has 1 heterocycles. The van der Waals surface area contributed by atoms with Gasteiger partial charge in [0, 0.05) is 5.02 Å². The fourth-order valence-corrected chi connectivity index (χ4v) is 2.79. The summed E-state index contributed by atoms with van der Waals surface area (Å²) in [6, 6.07) is 13.5. The number of fused-ring (bicyclic) bond motifs is 1. The molecule has 23 heavy (non-hydrogen) atoms. The van der Waals surface area contributed by atoms with Crippen LogP contribution in [0.15, 0.2) is 42.5 Å². The highest BCUT2D eigenvalue weighted by Crippen LogP contribution is 2.31. The molecule has 0 saturated carbocycles. The first-order valence-corrected chi connectivity index (χ1v) is 8.00. The second-order valence-corrected chi connectivity index (χ2v) is 5.75. The molecule has 0 spiro atoms. The Morgan fingerprint density at radius 1 is 1.26 bits per heavy atom. The Balaban J connectivity index is 1.98. The second-order valence-electron chi connectivity index (χ2n) is 5.32. The summed E-state index contributed by atoms with van der Waals surface area (Å²) in [5, 5.41) is 12.7.